The highest BCUT2D eigenvalue weighted by Crippen LogP contribution is 2.49. The van der Waals surface area contributed by atoms with Gasteiger partial charge in [-0.3, -0.25) is 19.8 Å². The van der Waals surface area contributed by atoms with Gasteiger partial charge in [0.15, 0.2) is 0 Å². The molecule has 202 valence electrons. The Bertz CT molecular complexity index is 1610. The number of ether oxygens (including phenoxy) is 1. The molecule has 3 aromatic heterocycles. The Morgan fingerprint density at radius 1 is 0.925 bits per heavy atom. The Hall–Kier alpha value is -4.04. The summed E-state index contributed by atoms with van der Waals surface area (Å²) in [7, 11) is 1.70. The molecule has 1 atom stereocenters. The Kier molecular flexibility index (Phi) is 6.35. The largest absolute Gasteiger partial charge is 0.497 e. The molecule has 0 radical (unpaired) electrons. The van der Waals surface area contributed by atoms with Gasteiger partial charge in [0.25, 0.3) is 0 Å². The van der Waals surface area contributed by atoms with E-state index < -0.39 is 0 Å². The Labute approximate surface area is 234 Å². The van der Waals surface area contributed by atoms with Crippen LogP contribution in [-0.2, 0) is 18.5 Å². The highest BCUT2D eigenvalue weighted by Gasteiger charge is 2.52. The summed E-state index contributed by atoms with van der Waals surface area (Å²) in [5, 5.41) is 11.8. The summed E-state index contributed by atoms with van der Waals surface area (Å²) in [6.45, 7) is 4.55. The van der Waals surface area contributed by atoms with Crippen molar-refractivity contribution in [1.82, 2.24) is 24.8 Å². The lowest BCUT2D eigenvalue weighted by molar-refractivity contribution is -0.0119. The number of nitrogens with zero attached hydrogens (tertiary/aromatic N) is 4. The number of pyridine rings is 2. The highest BCUT2D eigenvalue weighted by atomic mass is 16.5. The van der Waals surface area contributed by atoms with Crippen LogP contribution >= 0.6 is 0 Å². The number of hydrogen-bond acceptors (Lipinski definition) is 6. The normalized spacial score (nSPS) is 18.5. The van der Waals surface area contributed by atoms with E-state index in [1.54, 1.807) is 7.11 Å². The summed E-state index contributed by atoms with van der Waals surface area (Å²) >= 11 is 0. The molecule has 0 amide bonds. The van der Waals surface area contributed by atoms with E-state index in [4.69, 9.17) is 4.74 Å². The van der Waals surface area contributed by atoms with Crippen molar-refractivity contribution in [2.75, 3.05) is 33.4 Å². The number of fused-ring (bicyclic) bond motifs is 4. The lowest BCUT2D eigenvalue weighted by atomic mass is 9.68. The maximum atomic E-state index is 10.6. The average molecular weight is 532 g/mol. The van der Waals surface area contributed by atoms with Gasteiger partial charge in [0.05, 0.1) is 25.5 Å². The van der Waals surface area contributed by atoms with E-state index in [1.807, 2.05) is 42.9 Å². The number of nitrogens with one attached hydrogen (secondary N) is 1. The zero-order valence-electron chi connectivity index (χ0n) is 22.6. The van der Waals surface area contributed by atoms with E-state index in [9.17, 15) is 5.11 Å². The molecule has 0 unspecified atom stereocenters. The molecule has 1 spiro atoms. The van der Waals surface area contributed by atoms with Gasteiger partial charge in [-0.1, -0.05) is 30.3 Å². The van der Waals surface area contributed by atoms with E-state index in [2.05, 4.69) is 73.3 Å². The third-order valence-corrected chi connectivity index (χ3v) is 8.53. The maximum absolute atomic E-state index is 10.6. The predicted octanol–water partition coefficient (Wildman–Crippen LogP) is 4.94. The van der Waals surface area contributed by atoms with E-state index in [-0.39, 0.29) is 18.1 Å². The molecule has 1 fully saturated rings. The van der Waals surface area contributed by atoms with Crippen molar-refractivity contribution >= 4 is 10.9 Å². The maximum Gasteiger partial charge on any atom is 0.120 e. The van der Waals surface area contributed by atoms with Gasteiger partial charge in [-0.25, -0.2) is 0 Å². The minimum atomic E-state index is -0.0969. The van der Waals surface area contributed by atoms with E-state index in [0.29, 0.717) is 0 Å². The van der Waals surface area contributed by atoms with Crippen molar-refractivity contribution in [1.29, 1.82) is 0 Å². The van der Waals surface area contributed by atoms with E-state index in [1.165, 1.54) is 22.1 Å². The molecule has 7 rings (SSSR count). The quantitative estimate of drug-likeness (QED) is 0.310. The van der Waals surface area contributed by atoms with Crippen LogP contribution in [0.1, 0.15) is 28.4 Å². The van der Waals surface area contributed by atoms with Crippen molar-refractivity contribution < 1.29 is 9.84 Å². The van der Waals surface area contributed by atoms with Crippen LogP contribution in [-0.4, -0.2) is 63.2 Å². The van der Waals surface area contributed by atoms with Crippen LogP contribution in [0.3, 0.4) is 0 Å². The zero-order chi connectivity index (χ0) is 27.1. The van der Waals surface area contributed by atoms with Crippen molar-refractivity contribution in [3.8, 4) is 17.0 Å². The van der Waals surface area contributed by atoms with Gasteiger partial charge in [-0.05, 0) is 53.1 Å². The van der Waals surface area contributed by atoms with E-state index in [0.717, 1.165) is 60.9 Å². The molecule has 5 aromatic rings. The molecule has 40 heavy (non-hydrogen) atoms. The van der Waals surface area contributed by atoms with Gasteiger partial charge in [0.1, 0.15) is 5.75 Å². The van der Waals surface area contributed by atoms with Crippen molar-refractivity contribution in [3.05, 3.63) is 114 Å². The first-order valence-corrected chi connectivity index (χ1v) is 13.8. The molecule has 0 aliphatic carbocycles. The minimum Gasteiger partial charge on any atom is -0.497 e. The first kappa shape index (κ1) is 25.0. The number of H-pyrrole nitrogens is 1. The van der Waals surface area contributed by atoms with Crippen molar-refractivity contribution in [3.63, 3.8) is 0 Å². The smallest absolute Gasteiger partial charge is 0.120 e. The number of methoxy groups -OCH3 is 1. The molecule has 0 saturated carbocycles. The van der Waals surface area contributed by atoms with Gasteiger partial charge in [0.2, 0.25) is 0 Å². The first-order valence-electron chi connectivity index (χ1n) is 13.8. The second-order valence-electron chi connectivity index (χ2n) is 11.1. The fourth-order valence-corrected chi connectivity index (χ4v) is 6.75. The van der Waals surface area contributed by atoms with Gasteiger partial charge >= 0.3 is 0 Å². The van der Waals surface area contributed by atoms with Crippen LogP contribution in [0.15, 0.2) is 91.4 Å². The second-order valence-corrected chi connectivity index (χ2v) is 11.1. The average Bonchev–Trinajstić information content (AvgIpc) is 3.37. The highest BCUT2D eigenvalue weighted by molar-refractivity contribution is 5.88. The lowest BCUT2D eigenvalue weighted by Gasteiger charge is -2.56. The third-order valence-electron chi connectivity index (χ3n) is 8.53. The molecule has 1 saturated heterocycles. The third kappa shape index (κ3) is 4.36. The van der Waals surface area contributed by atoms with Gasteiger partial charge in [0, 0.05) is 85.0 Å². The monoisotopic (exact) mass is 531 g/mol. The molecule has 2 aliphatic rings. The van der Waals surface area contributed by atoms with Crippen molar-refractivity contribution in [2.45, 2.75) is 24.5 Å². The first-order chi connectivity index (χ1) is 19.7. The van der Waals surface area contributed by atoms with Crippen LogP contribution in [0, 0.1) is 0 Å². The van der Waals surface area contributed by atoms with Crippen molar-refractivity contribution in [2.24, 2.45) is 0 Å². The second kappa shape index (κ2) is 10.2. The topological polar surface area (TPSA) is 77.5 Å². The summed E-state index contributed by atoms with van der Waals surface area (Å²) in [5.41, 5.74) is 8.17. The molecule has 2 N–H and O–H groups in total. The number of benzene rings is 2. The van der Waals surface area contributed by atoms with Crippen LogP contribution < -0.4 is 4.74 Å². The van der Waals surface area contributed by atoms with Crippen LogP contribution in [0.2, 0.25) is 0 Å². The molecule has 2 aliphatic heterocycles. The Morgan fingerprint density at radius 2 is 1.73 bits per heavy atom. The van der Waals surface area contributed by atoms with Crippen LogP contribution in [0.25, 0.3) is 22.2 Å². The molecular weight excluding hydrogens is 498 g/mol. The summed E-state index contributed by atoms with van der Waals surface area (Å²) < 4.78 is 5.52. The SMILES string of the molecule is COc1ccc2c3c([nH]c2c1)[C@@H](CO)N(Cc1ccncc1)CC31CN(Cc2ccc(-c3ccccn3)cc2)C1. The minimum absolute atomic E-state index is 0.0191. The molecule has 2 aromatic carbocycles. The van der Waals surface area contributed by atoms with Crippen LogP contribution in [0.4, 0.5) is 0 Å². The number of aromatic amines is 1. The standard InChI is InChI=1S/C33H33N5O2/c1-40-26-9-10-27-29(16-26)36-32-30(19-39)38(18-24-11-14-34-15-12-24)22-33(31(27)32)20-37(21-33)17-23-5-7-25(8-6-23)28-4-2-3-13-35-28/h2-16,30,36,39H,17-22H2,1H3/t30-/m1/s1. The molecule has 0 bridgehead atoms. The Balaban J connectivity index is 1.19. The molecular formula is C33H33N5O2. The van der Waals surface area contributed by atoms with Gasteiger partial charge < -0.3 is 14.8 Å². The summed E-state index contributed by atoms with van der Waals surface area (Å²) in [6, 6.07) is 25.1. The fraction of sp³-hybridized carbons (Fsp3) is 0.273. The Morgan fingerprint density at radius 3 is 2.45 bits per heavy atom. The number of aliphatic hydroxyl groups excluding tert-OH is 1. The van der Waals surface area contributed by atoms with E-state index >= 15 is 0 Å². The summed E-state index contributed by atoms with van der Waals surface area (Å²) in [4.78, 5) is 17.3. The summed E-state index contributed by atoms with van der Waals surface area (Å²) in [5.74, 6) is 0.832. The number of rotatable bonds is 7. The number of aromatic nitrogens is 3. The number of hydrogen-bond donors (Lipinski definition) is 2. The number of aliphatic hydroxyl groups is 1. The molecule has 7 heteroatoms. The molecule has 5 heterocycles. The number of likely N-dealkylation sites (tertiary alicyclic amines) is 1. The molecule has 7 nitrogen and oxygen atoms in total. The fourth-order valence-electron chi connectivity index (χ4n) is 6.75. The van der Waals surface area contributed by atoms with Gasteiger partial charge in [-0.2, -0.15) is 0 Å². The lowest BCUT2D eigenvalue weighted by Crippen LogP contribution is -2.65. The zero-order valence-corrected chi connectivity index (χ0v) is 22.6. The predicted molar refractivity (Wildman–Crippen MR) is 156 cm³/mol. The summed E-state index contributed by atoms with van der Waals surface area (Å²) in [6.07, 6.45) is 5.52. The van der Waals surface area contributed by atoms with Gasteiger partial charge in [-0.15, -0.1) is 0 Å². The van der Waals surface area contributed by atoms with Crippen LogP contribution in [0.5, 0.6) is 5.75 Å².